The molecule has 1 aliphatic rings. The van der Waals surface area contributed by atoms with Gasteiger partial charge in [0.25, 0.3) is 0 Å². The number of aromatic nitrogens is 4. The minimum atomic E-state index is -0.0185. The average molecular weight is 324 g/mol. The molecule has 0 unspecified atom stereocenters. The Bertz CT molecular complexity index is 648. The third-order valence-electron chi connectivity index (χ3n) is 3.76. The van der Waals surface area contributed by atoms with Crippen molar-refractivity contribution in [2.75, 3.05) is 25.6 Å². The van der Waals surface area contributed by atoms with Crippen LogP contribution in [0.3, 0.4) is 0 Å². The van der Waals surface area contributed by atoms with Crippen LogP contribution in [0.1, 0.15) is 18.3 Å². The summed E-state index contributed by atoms with van der Waals surface area (Å²) in [6.45, 7) is 1.42. The maximum Gasteiger partial charge on any atom is 0.318 e. The van der Waals surface area contributed by atoms with Gasteiger partial charge in [-0.3, -0.25) is 0 Å². The molecule has 0 aromatic carbocycles. The van der Waals surface area contributed by atoms with Gasteiger partial charge in [-0.2, -0.15) is 4.98 Å². The van der Waals surface area contributed by atoms with Crippen molar-refractivity contribution in [3.05, 3.63) is 29.4 Å². The van der Waals surface area contributed by atoms with Crippen LogP contribution < -0.4 is 10.1 Å². The quantitative estimate of drug-likeness (QED) is 0.908. The van der Waals surface area contributed by atoms with Gasteiger partial charge in [0.05, 0.1) is 13.3 Å². The fourth-order valence-electron chi connectivity index (χ4n) is 2.58. The van der Waals surface area contributed by atoms with Gasteiger partial charge in [-0.25, -0.2) is 9.97 Å². The molecule has 2 aromatic heterocycles. The molecule has 1 fully saturated rings. The van der Waals surface area contributed by atoms with Crippen LogP contribution in [-0.4, -0.2) is 39.8 Å². The summed E-state index contributed by atoms with van der Waals surface area (Å²) < 4.78 is 12.8. The second kappa shape index (κ2) is 6.50. The van der Waals surface area contributed by atoms with Crippen molar-refractivity contribution in [3.63, 3.8) is 0 Å². The second-order valence-corrected chi connectivity index (χ2v) is 5.58. The summed E-state index contributed by atoms with van der Waals surface area (Å²) in [5.74, 6) is 1.81. The van der Waals surface area contributed by atoms with Crippen LogP contribution in [0, 0.1) is 5.92 Å². The van der Waals surface area contributed by atoms with E-state index < -0.39 is 0 Å². The third-order valence-corrected chi connectivity index (χ3v) is 4.04. The summed E-state index contributed by atoms with van der Waals surface area (Å²) in [5, 5.41) is 3.73. The van der Waals surface area contributed by atoms with E-state index in [1.54, 1.807) is 6.20 Å². The van der Waals surface area contributed by atoms with E-state index in [1.165, 1.54) is 13.3 Å². The predicted molar refractivity (Wildman–Crippen MR) is 82.1 cm³/mol. The van der Waals surface area contributed by atoms with Crippen molar-refractivity contribution in [3.8, 4) is 6.01 Å². The van der Waals surface area contributed by atoms with Crippen molar-refractivity contribution >= 4 is 17.4 Å². The largest absolute Gasteiger partial charge is 0.467 e. The highest BCUT2D eigenvalue weighted by molar-refractivity contribution is 6.32. The minimum absolute atomic E-state index is 0.0185. The van der Waals surface area contributed by atoms with E-state index in [0.717, 1.165) is 18.9 Å². The van der Waals surface area contributed by atoms with E-state index in [4.69, 9.17) is 21.1 Å². The number of anilines is 1. The molecule has 22 heavy (non-hydrogen) atoms. The molecular weight excluding hydrogens is 306 g/mol. The standard InChI is InChI=1S/C14H18ClN5O2/c1-20-5-4-16-13(20)11-9(3-6-22-11)7-17-12-10(15)8-18-14(19-12)21-2/h4-5,8-9,11H,3,6-7H2,1-2H3,(H,17,18,19)/t9-,11+/m0/s1. The number of imidazole rings is 1. The van der Waals surface area contributed by atoms with E-state index in [1.807, 2.05) is 17.8 Å². The average Bonchev–Trinajstić information content (AvgIpc) is 3.14. The smallest absolute Gasteiger partial charge is 0.318 e. The van der Waals surface area contributed by atoms with Crippen LogP contribution in [0.15, 0.2) is 18.6 Å². The van der Waals surface area contributed by atoms with Gasteiger partial charge < -0.3 is 19.4 Å². The first-order chi connectivity index (χ1) is 10.7. The summed E-state index contributed by atoms with van der Waals surface area (Å²) in [4.78, 5) is 12.6. The van der Waals surface area contributed by atoms with Crippen LogP contribution in [0.2, 0.25) is 5.02 Å². The normalized spacial score (nSPS) is 21.0. The van der Waals surface area contributed by atoms with E-state index in [0.29, 0.717) is 23.3 Å². The van der Waals surface area contributed by atoms with Gasteiger partial charge in [0, 0.05) is 38.5 Å². The third kappa shape index (κ3) is 3.00. The summed E-state index contributed by atoms with van der Waals surface area (Å²) in [5.41, 5.74) is 0. The van der Waals surface area contributed by atoms with Gasteiger partial charge in [0.2, 0.25) is 0 Å². The van der Waals surface area contributed by atoms with Crippen molar-refractivity contribution in [2.45, 2.75) is 12.5 Å². The van der Waals surface area contributed by atoms with E-state index in [-0.39, 0.29) is 12.1 Å². The fourth-order valence-corrected chi connectivity index (χ4v) is 2.74. The van der Waals surface area contributed by atoms with Crippen molar-refractivity contribution in [1.82, 2.24) is 19.5 Å². The maximum atomic E-state index is 6.11. The Morgan fingerprint density at radius 3 is 3.09 bits per heavy atom. The maximum absolute atomic E-state index is 6.11. The number of hydrogen-bond donors (Lipinski definition) is 1. The molecule has 2 atom stereocenters. The van der Waals surface area contributed by atoms with Crippen molar-refractivity contribution in [1.29, 1.82) is 0 Å². The molecule has 1 aliphatic heterocycles. The van der Waals surface area contributed by atoms with Crippen LogP contribution in [-0.2, 0) is 11.8 Å². The Hall–Kier alpha value is -1.86. The monoisotopic (exact) mass is 323 g/mol. The van der Waals surface area contributed by atoms with Crippen LogP contribution in [0.5, 0.6) is 6.01 Å². The van der Waals surface area contributed by atoms with Crippen LogP contribution in [0.25, 0.3) is 0 Å². The Balaban J connectivity index is 1.69. The van der Waals surface area contributed by atoms with Gasteiger partial charge in [-0.15, -0.1) is 0 Å². The van der Waals surface area contributed by atoms with E-state index in [9.17, 15) is 0 Å². The molecule has 2 aromatic rings. The first kappa shape index (κ1) is 15.1. The molecule has 7 nitrogen and oxygen atoms in total. The number of nitrogens with zero attached hydrogens (tertiary/aromatic N) is 4. The Morgan fingerprint density at radius 1 is 1.50 bits per heavy atom. The first-order valence-electron chi connectivity index (χ1n) is 7.08. The lowest BCUT2D eigenvalue weighted by molar-refractivity contribution is 0.0839. The zero-order valence-electron chi connectivity index (χ0n) is 12.5. The number of ether oxygens (including phenoxy) is 2. The topological polar surface area (TPSA) is 74.1 Å². The summed E-state index contributed by atoms with van der Waals surface area (Å²) in [6, 6.07) is 0.287. The Morgan fingerprint density at radius 2 is 2.36 bits per heavy atom. The molecule has 3 rings (SSSR count). The van der Waals surface area contributed by atoms with Crippen LogP contribution in [0.4, 0.5) is 5.82 Å². The van der Waals surface area contributed by atoms with Gasteiger partial charge in [0.1, 0.15) is 17.0 Å². The number of aryl methyl sites for hydroxylation is 1. The molecule has 118 valence electrons. The molecule has 1 N–H and O–H groups in total. The molecule has 0 spiro atoms. The predicted octanol–water partition coefficient (Wildman–Crippen LogP) is 2.06. The van der Waals surface area contributed by atoms with E-state index >= 15 is 0 Å². The molecule has 0 amide bonds. The van der Waals surface area contributed by atoms with Gasteiger partial charge in [-0.1, -0.05) is 11.6 Å². The minimum Gasteiger partial charge on any atom is -0.467 e. The molecule has 0 radical (unpaired) electrons. The summed E-state index contributed by atoms with van der Waals surface area (Å²) >= 11 is 6.11. The van der Waals surface area contributed by atoms with Gasteiger partial charge >= 0.3 is 6.01 Å². The Kier molecular flexibility index (Phi) is 4.44. The number of rotatable bonds is 5. The molecule has 3 heterocycles. The molecule has 0 saturated carbocycles. The number of nitrogens with one attached hydrogen (secondary N) is 1. The number of halogens is 1. The van der Waals surface area contributed by atoms with Crippen LogP contribution >= 0.6 is 11.6 Å². The number of hydrogen-bond acceptors (Lipinski definition) is 6. The SMILES string of the molecule is COc1ncc(Cl)c(NC[C@@H]2CCO[C@H]2c2nccn2C)n1. The van der Waals surface area contributed by atoms with Gasteiger partial charge in [0.15, 0.2) is 5.82 Å². The highest BCUT2D eigenvalue weighted by Crippen LogP contribution is 2.34. The lowest BCUT2D eigenvalue weighted by Gasteiger charge is -2.19. The molecule has 0 aliphatic carbocycles. The van der Waals surface area contributed by atoms with Crippen molar-refractivity contribution < 1.29 is 9.47 Å². The van der Waals surface area contributed by atoms with Gasteiger partial charge in [-0.05, 0) is 6.42 Å². The second-order valence-electron chi connectivity index (χ2n) is 5.17. The fraction of sp³-hybridized carbons (Fsp3) is 0.500. The number of methoxy groups -OCH3 is 1. The first-order valence-corrected chi connectivity index (χ1v) is 7.46. The lowest BCUT2D eigenvalue weighted by Crippen LogP contribution is -2.20. The molecule has 8 heteroatoms. The van der Waals surface area contributed by atoms with E-state index in [2.05, 4.69) is 20.3 Å². The summed E-state index contributed by atoms with van der Waals surface area (Å²) in [6.07, 6.45) is 6.18. The molecule has 0 bridgehead atoms. The molecule has 1 saturated heterocycles. The Labute approximate surface area is 133 Å². The van der Waals surface area contributed by atoms with Crippen molar-refractivity contribution in [2.24, 2.45) is 13.0 Å². The zero-order chi connectivity index (χ0) is 15.5. The highest BCUT2D eigenvalue weighted by Gasteiger charge is 2.32. The lowest BCUT2D eigenvalue weighted by atomic mass is 10.0. The highest BCUT2D eigenvalue weighted by atomic mass is 35.5. The zero-order valence-corrected chi connectivity index (χ0v) is 13.2. The molecular formula is C14H18ClN5O2. The summed E-state index contributed by atoms with van der Waals surface area (Å²) in [7, 11) is 3.50.